The van der Waals surface area contributed by atoms with Gasteiger partial charge in [0, 0.05) is 37.8 Å². The molecule has 1 atom stereocenters. The molecule has 6 nitrogen and oxygen atoms in total. The first-order valence-corrected chi connectivity index (χ1v) is 11.0. The second-order valence-electron chi connectivity index (χ2n) is 6.86. The quantitative estimate of drug-likeness (QED) is 0.337. The van der Waals surface area contributed by atoms with Crippen molar-refractivity contribution in [3.63, 3.8) is 0 Å². The summed E-state index contributed by atoms with van der Waals surface area (Å²) in [7, 11) is -3.13. The van der Waals surface area contributed by atoms with Gasteiger partial charge in [0.15, 0.2) is 5.96 Å². The van der Waals surface area contributed by atoms with E-state index in [9.17, 15) is 17.2 Å². The van der Waals surface area contributed by atoms with Gasteiger partial charge in [0.2, 0.25) is 10.0 Å². The van der Waals surface area contributed by atoms with E-state index in [1.165, 1.54) is 22.7 Å². The minimum absolute atomic E-state index is 0. The molecule has 1 unspecified atom stereocenters. The molecule has 160 valence electrons. The van der Waals surface area contributed by atoms with Crippen molar-refractivity contribution in [1.82, 2.24) is 14.9 Å². The van der Waals surface area contributed by atoms with Gasteiger partial charge in [-0.25, -0.2) is 21.5 Å². The first kappa shape index (κ1) is 25.0. The van der Waals surface area contributed by atoms with Crippen LogP contribution in [0, 0.1) is 17.6 Å². The lowest BCUT2D eigenvalue weighted by molar-refractivity contribution is 0.280. The second kappa shape index (κ2) is 11.2. The second-order valence-corrected chi connectivity index (χ2v) is 8.84. The Morgan fingerprint density at radius 1 is 1.32 bits per heavy atom. The molecular formula is C18H29F2IN4O2S. The Hall–Kier alpha value is -1.01. The fourth-order valence-electron chi connectivity index (χ4n) is 3.10. The van der Waals surface area contributed by atoms with Gasteiger partial charge in [0.25, 0.3) is 0 Å². The van der Waals surface area contributed by atoms with E-state index in [2.05, 4.69) is 15.6 Å². The van der Waals surface area contributed by atoms with Crippen LogP contribution in [0.2, 0.25) is 0 Å². The zero-order valence-corrected chi connectivity index (χ0v) is 19.6. The Kier molecular flexibility index (Phi) is 10.1. The lowest BCUT2D eigenvalue weighted by Crippen LogP contribution is -2.40. The molecule has 0 radical (unpaired) electrons. The molecule has 1 saturated heterocycles. The molecule has 0 aromatic heterocycles. The summed E-state index contributed by atoms with van der Waals surface area (Å²) in [6, 6.07) is 3.14. The van der Waals surface area contributed by atoms with E-state index in [1.54, 1.807) is 6.92 Å². The van der Waals surface area contributed by atoms with Gasteiger partial charge in [0.1, 0.15) is 11.6 Å². The molecule has 0 saturated carbocycles. The maximum atomic E-state index is 14.0. The lowest BCUT2D eigenvalue weighted by atomic mass is 9.98. The average molecular weight is 530 g/mol. The molecule has 1 aliphatic rings. The highest BCUT2D eigenvalue weighted by Crippen LogP contribution is 2.20. The zero-order valence-electron chi connectivity index (χ0n) is 16.4. The highest BCUT2D eigenvalue weighted by atomic mass is 127. The Bertz CT molecular complexity index is 769. The van der Waals surface area contributed by atoms with Crippen molar-refractivity contribution < 1.29 is 17.2 Å². The van der Waals surface area contributed by atoms with Gasteiger partial charge in [-0.05, 0) is 38.7 Å². The Balaban J connectivity index is 0.00000392. The molecule has 1 aromatic rings. The van der Waals surface area contributed by atoms with Gasteiger partial charge in [-0.1, -0.05) is 6.07 Å². The van der Waals surface area contributed by atoms with Crippen molar-refractivity contribution in [3.05, 3.63) is 35.4 Å². The van der Waals surface area contributed by atoms with Crippen LogP contribution in [0.5, 0.6) is 0 Å². The summed E-state index contributed by atoms with van der Waals surface area (Å²) in [6.07, 6.45) is 2.75. The lowest BCUT2D eigenvalue weighted by Gasteiger charge is -2.29. The number of rotatable bonds is 6. The van der Waals surface area contributed by atoms with Crippen LogP contribution in [0.1, 0.15) is 38.3 Å². The fraction of sp³-hybridized carbons (Fsp3) is 0.611. The molecule has 2 rings (SSSR count). The van der Waals surface area contributed by atoms with E-state index in [4.69, 9.17) is 0 Å². The third kappa shape index (κ3) is 7.43. The molecular weight excluding hydrogens is 501 g/mol. The predicted molar refractivity (Wildman–Crippen MR) is 118 cm³/mol. The molecule has 0 amide bonds. The van der Waals surface area contributed by atoms with Crippen molar-refractivity contribution in [2.45, 2.75) is 32.7 Å². The Morgan fingerprint density at radius 2 is 1.96 bits per heavy atom. The number of guanidine groups is 1. The molecule has 2 N–H and O–H groups in total. The van der Waals surface area contributed by atoms with Crippen LogP contribution in [0.25, 0.3) is 0 Å². The standard InChI is InChI=1S/C18H28F2N4O2S.HI/c1-4-21-18(23-13(2)16-6-5-15(19)11-17(16)20)22-12-14-7-9-24(10-8-14)27(3,25)26;/h5-6,11,13-14H,4,7-10,12H2,1-3H3,(H2,21,22,23);1H. The van der Waals surface area contributed by atoms with Gasteiger partial charge in [-0.2, -0.15) is 0 Å². The normalized spacial score (nSPS) is 17.7. The Morgan fingerprint density at radius 3 is 2.50 bits per heavy atom. The summed E-state index contributed by atoms with van der Waals surface area (Å²) in [5, 5.41) is 6.26. The van der Waals surface area contributed by atoms with Crippen LogP contribution >= 0.6 is 24.0 Å². The van der Waals surface area contributed by atoms with Crippen molar-refractivity contribution in [2.24, 2.45) is 10.9 Å². The minimum atomic E-state index is -3.13. The summed E-state index contributed by atoms with van der Waals surface area (Å²) < 4.78 is 51.7. The molecule has 0 spiro atoms. The highest BCUT2D eigenvalue weighted by Gasteiger charge is 2.24. The van der Waals surface area contributed by atoms with E-state index < -0.39 is 21.7 Å². The third-order valence-corrected chi connectivity index (χ3v) is 5.98. The van der Waals surface area contributed by atoms with E-state index in [1.807, 2.05) is 6.92 Å². The predicted octanol–water partition coefficient (Wildman–Crippen LogP) is 2.87. The summed E-state index contributed by atoms with van der Waals surface area (Å²) in [4.78, 5) is 4.57. The number of sulfonamides is 1. The number of hydrogen-bond donors (Lipinski definition) is 2. The van der Waals surface area contributed by atoms with Crippen molar-refractivity contribution in [1.29, 1.82) is 0 Å². The fourth-order valence-corrected chi connectivity index (χ4v) is 3.97. The maximum absolute atomic E-state index is 14.0. The van der Waals surface area contributed by atoms with Crippen LogP contribution in [0.3, 0.4) is 0 Å². The zero-order chi connectivity index (χ0) is 20.0. The van der Waals surface area contributed by atoms with Crippen molar-refractivity contribution in [2.75, 3.05) is 32.4 Å². The summed E-state index contributed by atoms with van der Waals surface area (Å²) in [6.45, 7) is 5.96. The van der Waals surface area contributed by atoms with Crippen molar-refractivity contribution >= 4 is 40.0 Å². The summed E-state index contributed by atoms with van der Waals surface area (Å²) >= 11 is 0. The number of nitrogens with zero attached hydrogens (tertiary/aromatic N) is 2. The molecule has 28 heavy (non-hydrogen) atoms. The van der Waals surface area contributed by atoms with Crippen LogP contribution in [0.15, 0.2) is 23.2 Å². The van der Waals surface area contributed by atoms with Gasteiger partial charge < -0.3 is 10.6 Å². The average Bonchev–Trinajstić information content (AvgIpc) is 2.59. The summed E-state index contributed by atoms with van der Waals surface area (Å²) in [5.41, 5.74) is 0.364. The van der Waals surface area contributed by atoms with E-state index in [0.29, 0.717) is 43.6 Å². The molecule has 0 bridgehead atoms. The number of aliphatic imine (C=N–C) groups is 1. The van der Waals surface area contributed by atoms with Gasteiger partial charge in [-0.15, -0.1) is 24.0 Å². The number of piperidine rings is 1. The van der Waals surface area contributed by atoms with E-state index >= 15 is 0 Å². The molecule has 0 aliphatic carbocycles. The first-order valence-electron chi connectivity index (χ1n) is 9.15. The summed E-state index contributed by atoms with van der Waals surface area (Å²) in [5.74, 6) is -0.348. The van der Waals surface area contributed by atoms with Crippen LogP contribution in [0.4, 0.5) is 8.78 Å². The smallest absolute Gasteiger partial charge is 0.211 e. The first-order chi connectivity index (χ1) is 12.7. The molecule has 1 aromatic carbocycles. The minimum Gasteiger partial charge on any atom is -0.357 e. The molecule has 1 aliphatic heterocycles. The molecule has 1 heterocycles. The topological polar surface area (TPSA) is 73.8 Å². The van der Waals surface area contributed by atoms with E-state index in [0.717, 1.165) is 18.9 Å². The SMILES string of the molecule is CCNC(=NCC1CCN(S(C)(=O)=O)CC1)NC(C)c1ccc(F)cc1F.I. The van der Waals surface area contributed by atoms with Gasteiger partial charge in [-0.3, -0.25) is 4.99 Å². The van der Waals surface area contributed by atoms with Crippen LogP contribution in [-0.4, -0.2) is 51.1 Å². The van der Waals surface area contributed by atoms with E-state index in [-0.39, 0.29) is 30.0 Å². The van der Waals surface area contributed by atoms with Crippen LogP contribution in [-0.2, 0) is 10.0 Å². The third-order valence-electron chi connectivity index (χ3n) is 4.68. The Labute approximate surface area is 183 Å². The number of hydrogen-bond acceptors (Lipinski definition) is 3. The monoisotopic (exact) mass is 530 g/mol. The van der Waals surface area contributed by atoms with Crippen molar-refractivity contribution in [3.8, 4) is 0 Å². The number of benzene rings is 1. The molecule has 10 heteroatoms. The van der Waals surface area contributed by atoms with Crippen LogP contribution < -0.4 is 10.6 Å². The largest absolute Gasteiger partial charge is 0.357 e. The molecule has 1 fully saturated rings. The van der Waals surface area contributed by atoms with Gasteiger partial charge in [0.05, 0.1) is 12.3 Å². The van der Waals surface area contributed by atoms with Gasteiger partial charge >= 0.3 is 0 Å². The maximum Gasteiger partial charge on any atom is 0.211 e. The number of halogens is 3. The highest BCUT2D eigenvalue weighted by molar-refractivity contribution is 14.0. The number of nitrogens with one attached hydrogen (secondary N) is 2.